The Kier molecular flexibility index (Phi) is 4.21. The zero-order valence-corrected chi connectivity index (χ0v) is 12.6. The first-order chi connectivity index (χ1) is 8.50. The van der Waals surface area contributed by atoms with Gasteiger partial charge in [-0.2, -0.15) is 0 Å². The highest BCUT2D eigenvalue weighted by molar-refractivity contribution is 5.17. The Labute approximate surface area is 113 Å². The van der Waals surface area contributed by atoms with Gasteiger partial charge in [0.25, 0.3) is 0 Å². The lowest BCUT2D eigenvalue weighted by Gasteiger charge is -2.52. The molecule has 104 valence electrons. The average Bonchev–Trinajstić information content (AvgIpc) is 2.37. The predicted molar refractivity (Wildman–Crippen MR) is 77.4 cm³/mol. The summed E-state index contributed by atoms with van der Waals surface area (Å²) in [5.41, 5.74) is 3.28. The number of rotatable bonds is 2. The predicted octanol–water partition coefficient (Wildman–Crippen LogP) is 4.56. The van der Waals surface area contributed by atoms with Crippen LogP contribution >= 0.6 is 0 Å². The maximum absolute atomic E-state index is 9.35. The summed E-state index contributed by atoms with van der Waals surface area (Å²) < 4.78 is 0. The molecule has 0 aromatic carbocycles. The second kappa shape index (κ2) is 5.36. The average molecular weight is 250 g/mol. The van der Waals surface area contributed by atoms with Gasteiger partial charge >= 0.3 is 0 Å². The smallest absolute Gasteiger partial charge is 0.0641 e. The van der Waals surface area contributed by atoms with E-state index in [0.29, 0.717) is 5.41 Å². The highest BCUT2D eigenvalue weighted by atomic mass is 16.3. The van der Waals surface area contributed by atoms with E-state index in [1.807, 2.05) is 0 Å². The highest BCUT2D eigenvalue weighted by Crippen LogP contribution is 2.55. The molecule has 0 amide bonds. The Bertz CT molecular complexity index is 327. The molecule has 0 saturated heterocycles. The topological polar surface area (TPSA) is 20.2 Å². The second-order valence-electron chi connectivity index (χ2n) is 7.16. The number of aliphatic hydroxyl groups excluding tert-OH is 1. The quantitative estimate of drug-likeness (QED) is 0.712. The normalized spacial score (nSPS) is 38.2. The van der Waals surface area contributed by atoms with E-state index in [1.165, 1.54) is 44.1 Å². The van der Waals surface area contributed by atoms with Crippen LogP contribution in [-0.4, -0.2) is 11.7 Å². The molecular formula is C17H30O. The zero-order valence-electron chi connectivity index (χ0n) is 12.6. The van der Waals surface area contributed by atoms with Crippen LogP contribution < -0.4 is 0 Å². The summed E-state index contributed by atoms with van der Waals surface area (Å²) in [5, 5.41) is 9.35. The van der Waals surface area contributed by atoms with E-state index in [4.69, 9.17) is 0 Å². The molecule has 1 heteroatoms. The van der Waals surface area contributed by atoms with Crippen LogP contribution in [0, 0.1) is 23.2 Å². The lowest BCUT2D eigenvalue weighted by atomic mass is 9.53. The molecule has 0 radical (unpaired) electrons. The molecule has 2 aliphatic carbocycles. The Morgan fingerprint density at radius 3 is 2.61 bits per heavy atom. The molecule has 1 N–H and O–H groups in total. The van der Waals surface area contributed by atoms with E-state index in [-0.39, 0.29) is 6.61 Å². The molecule has 0 aliphatic heterocycles. The Morgan fingerprint density at radius 1 is 1.28 bits per heavy atom. The fraction of sp³-hybridized carbons (Fsp3) is 0.882. The van der Waals surface area contributed by atoms with Crippen molar-refractivity contribution < 1.29 is 5.11 Å². The fourth-order valence-electron chi connectivity index (χ4n) is 4.63. The van der Waals surface area contributed by atoms with Crippen molar-refractivity contribution in [2.75, 3.05) is 6.61 Å². The Morgan fingerprint density at radius 2 is 2.00 bits per heavy atom. The van der Waals surface area contributed by atoms with Crippen molar-refractivity contribution >= 4 is 0 Å². The minimum atomic E-state index is 0.254. The third kappa shape index (κ3) is 2.39. The third-order valence-corrected chi connectivity index (χ3v) is 6.08. The van der Waals surface area contributed by atoms with Crippen molar-refractivity contribution in [3.8, 4) is 0 Å². The van der Waals surface area contributed by atoms with Crippen molar-refractivity contribution in [1.82, 2.24) is 0 Å². The first-order valence-corrected chi connectivity index (χ1v) is 7.79. The minimum Gasteiger partial charge on any atom is -0.392 e. The van der Waals surface area contributed by atoms with Gasteiger partial charge < -0.3 is 5.11 Å². The van der Waals surface area contributed by atoms with Gasteiger partial charge in [-0.15, -0.1) is 0 Å². The lowest BCUT2D eigenvalue weighted by molar-refractivity contribution is -0.00318. The van der Waals surface area contributed by atoms with Crippen molar-refractivity contribution in [2.45, 2.75) is 66.2 Å². The standard InChI is InChI=1S/C17H30O/c1-5-15-9-8-13-6-7-14(12(2)11-18)10-16(13)17(15,3)4/h13,15-16,18H,5-11H2,1-4H3/b14-12-/t13-,15-,16+/m1/s1. The number of hydrogen-bond acceptors (Lipinski definition) is 1. The number of fused-ring (bicyclic) bond motifs is 1. The SMILES string of the molecule is CC[C@@H]1CC[C@H]2CC/C(=C(\C)CO)C[C@@H]2C1(C)C. The molecule has 3 atom stereocenters. The van der Waals surface area contributed by atoms with E-state index < -0.39 is 0 Å². The summed E-state index contributed by atoms with van der Waals surface area (Å²) >= 11 is 0. The molecule has 2 fully saturated rings. The van der Waals surface area contributed by atoms with Gasteiger partial charge in [-0.05, 0) is 67.8 Å². The molecule has 0 heterocycles. The molecule has 0 aromatic rings. The summed E-state index contributed by atoms with van der Waals surface area (Å²) in [7, 11) is 0. The van der Waals surface area contributed by atoms with Crippen LogP contribution in [0.1, 0.15) is 66.2 Å². The van der Waals surface area contributed by atoms with Gasteiger partial charge in [0.2, 0.25) is 0 Å². The van der Waals surface area contributed by atoms with E-state index in [2.05, 4.69) is 27.7 Å². The minimum absolute atomic E-state index is 0.254. The molecule has 0 aromatic heterocycles. The van der Waals surface area contributed by atoms with E-state index >= 15 is 0 Å². The number of hydrogen-bond donors (Lipinski definition) is 1. The molecule has 18 heavy (non-hydrogen) atoms. The van der Waals surface area contributed by atoms with Crippen LogP contribution in [0.4, 0.5) is 0 Å². The van der Waals surface area contributed by atoms with Gasteiger partial charge in [0.15, 0.2) is 0 Å². The lowest BCUT2D eigenvalue weighted by Crippen LogP contribution is -2.43. The highest BCUT2D eigenvalue weighted by Gasteiger charge is 2.45. The van der Waals surface area contributed by atoms with Crippen LogP contribution in [-0.2, 0) is 0 Å². The van der Waals surface area contributed by atoms with Gasteiger partial charge in [-0.25, -0.2) is 0 Å². The fourth-order valence-corrected chi connectivity index (χ4v) is 4.63. The maximum atomic E-state index is 9.35. The molecular weight excluding hydrogens is 220 g/mol. The van der Waals surface area contributed by atoms with Crippen molar-refractivity contribution in [2.24, 2.45) is 23.2 Å². The third-order valence-electron chi connectivity index (χ3n) is 6.08. The van der Waals surface area contributed by atoms with Gasteiger partial charge in [-0.1, -0.05) is 32.8 Å². The first kappa shape index (κ1) is 14.1. The molecule has 0 bridgehead atoms. The Balaban J connectivity index is 2.20. The number of allylic oxidation sites excluding steroid dienone is 1. The van der Waals surface area contributed by atoms with Gasteiger partial charge in [0, 0.05) is 0 Å². The number of aliphatic hydroxyl groups is 1. The Hall–Kier alpha value is -0.300. The van der Waals surface area contributed by atoms with Gasteiger partial charge in [0.1, 0.15) is 0 Å². The maximum Gasteiger partial charge on any atom is 0.0641 e. The van der Waals surface area contributed by atoms with E-state index in [9.17, 15) is 5.11 Å². The zero-order chi connectivity index (χ0) is 13.3. The molecule has 0 unspecified atom stereocenters. The summed E-state index contributed by atoms with van der Waals surface area (Å²) in [5.74, 6) is 2.69. The van der Waals surface area contributed by atoms with E-state index in [1.54, 1.807) is 5.57 Å². The van der Waals surface area contributed by atoms with Gasteiger partial charge in [-0.3, -0.25) is 0 Å². The van der Waals surface area contributed by atoms with Crippen LogP contribution in [0.15, 0.2) is 11.1 Å². The van der Waals surface area contributed by atoms with E-state index in [0.717, 1.165) is 17.8 Å². The van der Waals surface area contributed by atoms with Crippen molar-refractivity contribution in [1.29, 1.82) is 0 Å². The molecule has 2 aliphatic rings. The van der Waals surface area contributed by atoms with Crippen molar-refractivity contribution in [3.05, 3.63) is 11.1 Å². The molecule has 2 saturated carbocycles. The van der Waals surface area contributed by atoms with Gasteiger partial charge in [0.05, 0.1) is 6.61 Å². The largest absolute Gasteiger partial charge is 0.392 e. The van der Waals surface area contributed by atoms with Crippen LogP contribution in [0.3, 0.4) is 0 Å². The second-order valence-corrected chi connectivity index (χ2v) is 7.16. The first-order valence-electron chi connectivity index (χ1n) is 7.79. The van der Waals surface area contributed by atoms with Crippen LogP contribution in [0.5, 0.6) is 0 Å². The summed E-state index contributed by atoms with van der Waals surface area (Å²) in [6, 6.07) is 0. The van der Waals surface area contributed by atoms with Crippen LogP contribution in [0.2, 0.25) is 0 Å². The summed E-state index contributed by atoms with van der Waals surface area (Å²) in [4.78, 5) is 0. The molecule has 1 nitrogen and oxygen atoms in total. The summed E-state index contributed by atoms with van der Waals surface area (Å²) in [6.07, 6.45) is 8.05. The van der Waals surface area contributed by atoms with Crippen LogP contribution in [0.25, 0.3) is 0 Å². The van der Waals surface area contributed by atoms with Crippen molar-refractivity contribution in [3.63, 3.8) is 0 Å². The monoisotopic (exact) mass is 250 g/mol. The summed E-state index contributed by atoms with van der Waals surface area (Å²) in [6.45, 7) is 9.71. The molecule has 0 spiro atoms. The molecule has 2 rings (SSSR count).